The zero-order valence-electron chi connectivity index (χ0n) is 17.6. The average Bonchev–Trinajstić information content (AvgIpc) is 3.28. The maximum atomic E-state index is 4.86. The quantitative estimate of drug-likeness (QED) is 0.456. The van der Waals surface area contributed by atoms with Crippen LogP contribution in [-0.2, 0) is 11.8 Å². The monoisotopic (exact) mass is 380 g/mol. The van der Waals surface area contributed by atoms with E-state index < -0.39 is 0 Å². The van der Waals surface area contributed by atoms with E-state index in [9.17, 15) is 0 Å². The maximum absolute atomic E-state index is 4.86. The second kappa shape index (κ2) is 6.59. The van der Waals surface area contributed by atoms with E-state index in [1.54, 1.807) is 0 Å². The first-order valence-electron chi connectivity index (χ1n) is 10.5. The topological polar surface area (TPSA) is 17.8 Å². The van der Waals surface area contributed by atoms with E-state index in [0.29, 0.717) is 5.92 Å². The molecule has 1 unspecified atom stereocenters. The molecule has 2 nitrogen and oxygen atoms in total. The van der Waals surface area contributed by atoms with Crippen LogP contribution in [0.5, 0.6) is 0 Å². The second-order valence-electron chi connectivity index (χ2n) is 9.49. The number of allylic oxidation sites excluding steroid dienone is 2. The molecule has 3 aromatic rings. The third-order valence-electron chi connectivity index (χ3n) is 6.35. The number of imidazole rings is 1. The summed E-state index contributed by atoms with van der Waals surface area (Å²) in [6, 6.07) is 19.8. The molecule has 1 fully saturated rings. The van der Waals surface area contributed by atoms with Gasteiger partial charge in [0.05, 0.1) is 17.6 Å². The summed E-state index contributed by atoms with van der Waals surface area (Å²) in [4.78, 5) is 4.86. The Morgan fingerprint density at radius 3 is 2.34 bits per heavy atom. The average molecular weight is 381 g/mol. The van der Waals surface area contributed by atoms with Gasteiger partial charge >= 0.3 is 0 Å². The van der Waals surface area contributed by atoms with Crippen molar-refractivity contribution in [3.05, 3.63) is 95.5 Å². The molecule has 1 aromatic heterocycles. The van der Waals surface area contributed by atoms with Crippen LogP contribution in [0.2, 0.25) is 0 Å². The van der Waals surface area contributed by atoms with Gasteiger partial charge in [0, 0.05) is 12.0 Å². The van der Waals surface area contributed by atoms with Crippen molar-refractivity contribution < 1.29 is 0 Å². The van der Waals surface area contributed by atoms with Crippen molar-refractivity contribution in [3.63, 3.8) is 0 Å². The van der Waals surface area contributed by atoms with Gasteiger partial charge in [-0.1, -0.05) is 87.5 Å². The molecule has 1 atom stereocenters. The SMILES string of the molecule is C=C1CC2=C(c3ccccc3)n3c(-c4ccc(C(C)(C)C)cc4)cnc3CC2C1. The number of benzene rings is 2. The first-order valence-corrected chi connectivity index (χ1v) is 10.5. The lowest BCUT2D eigenvalue weighted by molar-refractivity contribution is 0.590. The van der Waals surface area contributed by atoms with Gasteiger partial charge in [-0.3, -0.25) is 4.57 Å². The summed E-state index contributed by atoms with van der Waals surface area (Å²) >= 11 is 0. The number of hydrogen-bond donors (Lipinski definition) is 0. The Kier molecular flexibility index (Phi) is 4.13. The third kappa shape index (κ3) is 3.07. The van der Waals surface area contributed by atoms with Gasteiger partial charge in [-0.2, -0.15) is 0 Å². The smallest absolute Gasteiger partial charge is 0.114 e. The van der Waals surface area contributed by atoms with Crippen LogP contribution < -0.4 is 0 Å². The van der Waals surface area contributed by atoms with Crippen LogP contribution in [0.25, 0.3) is 17.0 Å². The Hall–Kier alpha value is -2.87. The summed E-state index contributed by atoms with van der Waals surface area (Å²) in [6.45, 7) is 11.1. The first kappa shape index (κ1) is 18.2. The number of hydrogen-bond acceptors (Lipinski definition) is 1. The molecule has 1 aliphatic heterocycles. The highest BCUT2D eigenvalue weighted by Crippen LogP contribution is 2.46. The fraction of sp³-hybridized carbons (Fsp3) is 0.296. The minimum Gasteiger partial charge on any atom is -0.296 e. The normalized spacial score (nSPS) is 18.7. The molecule has 146 valence electrons. The van der Waals surface area contributed by atoms with Gasteiger partial charge in [-0.15, -0.1) is 0 Å². The van der Waals surface area contributed by atoms with Crippen molar-refractivity contribution in [3.8, 4) is 11.3 Å². The van der Waals surface area contributed by atoms with E-state index in [4.69, 9.17) is 4.98 Å². The molecule has 0 amide bonds. The van der Waals surface area contributed by atoms with Crippen LogP contribution in [0.4, 0.5) is 0 Å². The van der Waals surface area contributed by atoms with E-state index in [1.165, 1.54) is 45.1 Å². The molecule has 0 saturated heterocycles. The highest BCUT2D eigenvalue weighted by molar-refractivity contribution is 5.78. The van der Waals surface area contributed by atoms with Crippen LogP contribution in [0.15, 0.2) is 78.5 Å². The third-order valence-corrected chi connectivity index (χ3v) is 6.35. The van der Waals surface area contributed by atoms with Crippen molar-refractivity contribution in [2.75, 3.05) is 0 Å². The summed E-state index contributed by atoms with van der Waals surface area (Å²) < 4.78 is 2.41. The molecule has 29 heavy (non-hydrogen) atoms. The predicted molar refractivity (Wildman–Crippen MR) is 121 cm³/mol. The van der Waals surface area contributed by atoms with E-state index in [-0.39, 0.29) is 5.41 Å². The van der Waals surface area contributed by atoms with E-state index in [1.807, 2.05) is 0 Å². The van der Waals surface area contributed by atoms with Gasteiger partial charge < -0.3 is 0 Å². The minimum atomic E-state index is 0.157. The molecule has 2 heteroatoms. The van der Waals surface area contributed by atoms with Crippen molar-refractivity contribution >= 4 is 5.70 Å². The molecule has 0 spiro atoms. The molecular weight excluding hydrogens is 352 g/mol. The lowest BCUT2D eigenvalue weighted by Crippen LogP contribution is -2.19. The lowest BCUT2D eigenvalue weighted by atomic mass is 9.86. The van der Waals surface area contributed by atoms with E-state index >= 15 is 0 Å². The number of nitrogens with zero attached hydrogens (tertiary/aromatic N) is 2. The molecule has 0 radical (unpaired) electrons. The molecule has 1 saturated carbocycles. The van der Waals surface area contributed by atoms with Gasteiger partial charge in [0.2, 0.25) is 0 Å². The molecule has 5 rings (SSSR count). The van der Waals surface area contributed by atoms with Gasteiger partial charge in [0.1, 0.15) is 5.82 Å². The Morgan fingerprint density at radius 2 is 1.66 bits per heavy atom. The number of fused-ring (bicyclic) bond motifs is 2. The molecular formula is C27H28N2. The largest absolute Gasteiger partial charge is 0.296 e. The Bertz CT molecular complexity index is 1110. The Morgan fingerprint density at radius 1 is 0.931 bits per heavy atom. The fourth-order valence-corrected chi connectivity index (χ4v) is 4.83. The molecule has 2 aliphatic rings. The van der Waals surface area contributed by atoms with E-state index in [2.05, 4.69) is 92.7 Å². The number of aromatic nitrogens is 2. The van der Waals surface area contributed by atoms with Crippen LogP contribution in [0.3, 0.4) is 0 Å². The fourth-order valence-electron chi connectivity index (χ4n) is 4.83. The van der Waals surface area contributed by atoms with Crippen LogP contribution in [0.1, 0.15) is 50.6 Å². The highest BCUT2D eigenvalue weighted by atomic mass is 15.1. The van der Waals surface area contributed by atoms with Crippen LogP contribution in [-0.4, -0.2) is 9.55 Å². The summed E-state index contributed by atoms with van der Waals surface area (Å²) in [5.41, 5.74) is 9.39. The molecule has 1 aliphatic carbocycles. The first-order chi connectivity index (χ1) is 13.9. The van der Waals surface area contributed by atoms with Crippen molar-refractivity contribution in [2.24, 2.45) is 5.92 Å². The summed E-state index contributed by atoms with van der Waals surface area (Å²) in [5, 5.41) is 0. The number of rotatable bonds is 2. The van der Waals surface area contributed by atoms with Gasteiger partial charge in [-0.05, 0) is 40.9 Å². The van der Waals surface area contributed by atoms with E-state index in [0.717, 1.165) is 19.3 Å². The lowest BCUT2D eigenvalue weighted by Gasteiger charge is -2.27. The van der Waals surface area contributed by atoms with Crippen molar-refractivity contribution in [1.82, 2.24) is 9.55 Å². The highest BCUT2D eigenvalue weighted by Gasteiger charge is 2.34. The van der Waals surface area contributed by atoms with Crippen LogP contribution in [0, 0.1) is 5.92 Å². The van der Waals surface area contributed by atoms with Gasteiger partial charge in [-0.25, -0.2) is 4.98 Å². The maximum Gasteiger partial charge on any atom is 0.114 e. The van der Waals surface area contributed by atoms with Gasteiger partial charge in [0.15, 0.2) is 0 Å². The predicted octanol–water partition coefficient (Wildman–Crippen LogP) is 6.63. The molecule has 0 N–H and O–H groups in total. The zero-order valence-corrected chi connectivity index (χ0v) is 17.6. The minimum absolute atomic E-state index is 0.157. The molecule has 0 bridgehead atoms. The summed E-state index contributed by atoms with van der Waals surface area (Å²) in [7, 11) is 0. The van der Waals surface area contributed by atoms with Crippen LogP contribution >= 0.6 is 0 Å². The standard InChI is InChI=1S/C27H28N2/c1-18-14-21-16-25-28-17-24(19-10-12-22(13-11-19)27(2,3)4)29(25)26(23(21)15-18)20-8-6-5-7-9-20/h5-13,17,21H,1,14-16H2,2-4H3. The summed E-state index contributed by atoms with van der Waals surface area (Å²) in [5.74, 6) is 1.71. The molecule has 2 aromatic carbocycles. The zero-order chi connectivity index (χ0) is 20.2. The molecule has 2 heterocycles. The van der Waals surface area contributed by atoms with Crippen molar-refractivity contribution in [1.29, 1.82) is 0 Å². The summed E-state index contributed by atoms with van der Waals surface area (Å²) in [6.07, 6.45) is 5.16. The van der Waals surface area contributed by atoms with Crippen molar-refractivity contribution in [2.45, 2.75) is 45.4 Å². The van der Waals surface area contributed by atoms with Gasteiger partial charge in [0.25, 0.3) is 0 Å². The second-order valence-corrected chi connectivity index (χ2v) is 9.49. The Labute approximate surface area is 173 Å². The Balaban J connectivity index is 1.68.